The zero-order chi connectivity index (χ0) is 15.4. The lowest BCUT2D eigenvalue weighted by atomic mass is 9.94. The number of rotatable bonds is 3. The van der Waals surface area contributed by atoms with E-state index in [1.54, 1.807) is 38.4 Å². The topological polar surface area (TPSA) is 61.4 Å². The second-order valence-corrected chi connectivity index (χ2v) is 5.90. The molecular weight excluding hydrogens is 266 g/mol. The van der Waals surface area contributed by atoms with Crippen LogP contribution in [-0.2, 0) is 4.79 Å². The first-order valence-electron chi connectivity index (χ1n) is 7.33. The summed E-state index contributed by atoms with van der Waals surface area (Å²) in [7, 11) is 3.43. The summed E-state index contributed by atoms with van der Waals surface area (Å²) < 4.78 is 0. The van der Waals surface area contributed by atoms with E-state index in [0.717, 1.165) is 25.1 Å². The molecule has 0 aromatic heterocycles. The average molecular weight is 289 g/mol. The quantitative estimate of drug-likeness (QED) is 0.890. The zero-order valence-electron chi connectivity index (χ0n) is 12.8. The van der Waals surface area contributed by atoms with E-state index in [9.17, 15) is 9.59 Å². The van der Waals surface area contributed by atoms with Crippen LogP contribution in [0.15, 0.2) is 24.3 Å². The van der Waals surface area contributed by atoms with Gasteiger partial charge in [-0.05, 0) is 49.6 Å². The summed E-state index contributed by atoms with van der Waals surface area (Å²) in [5, 5.41) is 6.14. The molecule has 1 aliphatic heterocycles. The number of piperidine rings is 1. The number of benzene rings is 1. The minimum absolute atomic E-state index is 0.00626. The first-order valence-corrected chi connectivity index (χ1v) is 7.33. The molecule has 2 atom stereocenters. The smallest absolute Gasteiger partial charge is 0.253 e. The van der Waals surface area contributed by atoms with Crippen molar-refractivity contribution in [3.8, 4) is 0 Å². The first-order chi connectivity index (χ1) is 9.97. The maximum Gasteiger partial charge on any atom is 0.253 e. The number of carbonyl (C=O) groups excluding carboxylic acids is 2. The molecular formula is C16H23N3O2. The summed E-state index contributed by atoms with van der Waals surface area (Å²) >= 11 is 0. The predicted octanol–water partition coefficient (Wildman–Crippen LogP) is 1.71. The Kier molecular flexibility index (Phi) is 4.96. The summed E-state index contributed by atoms with van der Waals surface area (Å²) in [5.41, 5.74) is 1.33. The highest BCUT2D eigenvalue weighted by Gasteiger charge is 2.24. The van der Waals surface area contributed by atoms with Crippen molar-refractivity contribution in [2.24, 2.45) is 5.92 Å². The highest BCUT2D eigenvalue weighted by molar-refractivity contribution is 5.97. The molecule has 0 spiro atoms. The van der Waals surface area contributed by atoms with Gasteiger partial charge in [0.15, 0.2) is 0 Å². The van der Waals surface area contributed by atoms with Gasteiger partial charge < -0.3 is 15.5 Å². The largest absolute Gasteiger partial charge is 0.345 e. The fourth-order valence-electron chi connectivity index (χ4n) is 2.49. The van der Waals surface area contributed by atoms with E-state index >= 15 is 0 Å². The summed E-state index contributed by atoms with van der Waals surface area (Å²) in [6.07, 6.45) is 1.98. The minimum Gasteiger partial charge on any atom is -0.345 e. The Balaban J connectivity index is 1.96. The van der Waals surface area contributed by atoms with Gasteiger partial charge in [0.1, 0.15) is 0 Å². The minimum atomic E-state index is -0.128. The fourth-order valence-corrected chi connectivity index (χ4v) is 2.49. The molecule has 1 fully saturated rings. The van der Waals surface area contributed by atoms with Gasteiger partial charge in [0.05, 0.1) is 6.04 Å². The first kappa shape index (κ1) is 15.5. The van der Waals surface area contributed by atoms with E-state index in [1.165, 1.54) is 4.90 Å². The Morgan fingerprint density at radius 3 is 2.48 bits per heavy atom. The highest BCUT2D eigenvalue weighted by Crippen LogP contribution is 2.17. The summed E-state index contributed by atoms with van der Waals surface area (Å²) in [4.78, 5) is 25.5. The van der Waals surface area contributed by atoms with Crippen LogP contribution < -0.4 is 10.6 Å². The molecule has 5 heteroatoms. The monoisotopic (exact) mass is 289 g/mol. The number of hydrogen-bond donors (Lipinski definition) is 2. The predicted molar refractivity (Wildman–Crippen MR) is 83.3 cm³/mol. The molecule has 1 heterocycles. The van der Waals surface area contributed by atoms with Crippen molar-refractivity contribution >= 4 is 17.5 Å². The molecule has 1 aromatic carbocycles. The van der Waals surface area contributed by atoms with Gasteiger partial charge in [-0.25, -0.2) is 0 Å². The average Bonchev–Trinajstić information content (AvgIpc) is 2.47. The Morgan fingerprint density at radius 1 is 1.24 bits per heavy atom. The molecule has 2 unspecified atom stereocenters. The second kappa shape index (κ2) is 6.72. The molecule has 2 N–H and O–H groups in total. The van der Waals surface area contributed by atoms with Crippen LogP contribution >= 0.6 is 0 Å². The number of nitrogens with zero attached hydrogens (tertiary/aromatic N) is 1. The van der Waals surface area contributed by atoms with Gasteiger partial charge >= 0.3 is 0 Å². The van der Waals surface area contributed by atoms with E-state index in [4.69, 9.17) is 0 Å². The maximum atomic E-state index is 12.2. The van der Waals surface area contributed by atoms with Crippen LogP contribution in [0.25, 0.3) is 0 Å². The number of hydrogen-bond acceptors (Lipinski definition) is 3. The molecule has 0 aliphatic carbocycles. The van der Waals surface area contributed by atoms with Gasteiger partial charge in [0.25, 0.3) is 5.91 Å². The molecule has 1 aromatic rings. The van der Waals surface area contributed by atoms with Gasteiger partial charge in [0.2, 0.25) is 5.91 Å². The molecule has 0 saturated carbocycles. The molecule has 5 nitrogen and oxygen atoms in total. The van der Waals surface area contributed by atoms with Crippen molar-refractivity contribution in [3.63, 3.8) is 0 Å². The van der Waals surface area contributed by atoms with Crippen molar-refractivity contribution in [1.29, 1.82) is 0 Å². The Bertz CT molecular complexity index is 511. The Hall–Kier alpha value is -1.88. The van der Waals surface area contributed by atoms with Crippen molar-refractivity contribution in [2.75, 3.05) is 26.0 Å². The third-order valence-electron chi connectivity index (χ3n) is 3.79. The molecule has 1 saturated heterocycles. The van der Waals surface area contributed by atoms with Crippen LogP contribution in [0.3, 0.4) is 0 Å². The summed E-state index contributed by atoms with van der Waals surface area (Å²) in [5.74, 6) is 0.519. The number of anilines is 1. The van der Waals surface area contributed by atoms with Crippen molar-refractivity contribution in [2.45, 2.75) is 25.8 Å². The third-order valence-corrected chi connectivity index (χ3v) is 3.79. The van der Waals surface area contributed by atoms with Gasteiger partial charge in [-0.15, -0.1) is 0 Å². The molecule has 0 bridgehead atoms. The maximum absolute atomic E-state index is 12.2. The van der Waals surface area contributed by atoms with Gasteiger partial charge in [-0.2, -0.15) is 0 Å². The van der Waals surface area contributed by atoms with Crippen LogP contribution in [0.1, 0.15) is 30.1 Å². The standard InChI is InChI=1S/C16H23N3O2/c1-11-8-9-17-14(10-11)15(20)18-13-6-4-12(5-7-13)16(21)19(2)3/h4-7,11,14,17H,8-10H2,1-3H3,(H,18,20). The molecule has 21 heavy (non-hydrogen) atoms. The number of amides is 2. The Morgan fingerprint density at radius 2 is 1.90 bits per heavy atom. The summed E-state index contributed by atoms with van der Waals surface area (Å²) in [6, 6.07) is 6.86. The van der Waals surface area contributed by atoms with E-state index in [2.05, 4.69) is 17.6 Å². The van der Waals surface area contributed by atoms with Crippen molar-refractivity contribution in [3.05, 3.63) is 29.8 Å². The second-order valence-electron chi connectivity index (χ2n) is 5.90. The zero-order valence-corrected chi connectivity index (χ0v) is 12.8. The van der Waals surface area contributed by atoms with E-state index in [-0.39, 0.29) is 17.9 Å². The van der Waals surface area contributed by atoms with Gasteiger partial charge in [0, 0.05) is 25.3 Å². The highest BCUT2D eigenvalue weighted by atomic mass is 16.2. The lowest BCUT2D eigenvalue weighted by Crippen LogP contribution is -2.45. The van der Waals surface area contributed by atoms with Gasteiger partial charge in [-0.1, -0.05) is 6.92 Å². The van der Waals surface area contributed by atoms with E-state index in [1.807, 2.05) is 0 Å². The lowest BCUT2D eigenvalue weighted by Gasteiger charge is -2.27. The molecule has 114 valence electrons. The number of carbonyl (C=O) groups is 2. The number of nitrogens with one attached hydrogen (secondary N) is 2. The van der Waals surface area contributed by atoms with E-state index < -0.39 is 0 Å². The van der Waals surface area contributed by atoms with Crippen molar-refractivity contribution < 1.29 is 9.59 Å². The fraction of sp³-hybridized carbons (Fsp3) is 0.500. The third kappa shape index (κ3) is 4.04. The van der Waals surface area contributed by atoms with Crippen LogP contribution in [0, 0.1) is 5.92 Å². The van der Waals surface area contributed by atoms with Crippen LogP contribution in [0.5, 0.6) is 0 Å². The van der Waals surface area contributed by atoms with Crippen LogP contribution in [0.4, 0.5) is 5.69 Å². The van der Waals surface area contributed by atoms with Crippen LogP contribution in [-0.4, -0.2) is 43.4 Å². The molecule has 0 radical (unpaired) electrons. The molecule has 2 amide bonds. The SMILES string of the molecule is CC1CCNC(C(=O)Nc2ccc(C(=O)N(C)C)cc2)C1. The summed E-state index contributed by atoms with van der Waals surface area (Å²) in [6.45, 7) is 3.05. The van der Waals surface area contributed by atoms with Crippen LogP contribution in [0.2, 0.25) is 0 Å². The lowest BCUT2D eigenvalue weighted by molar-refractivity contribution is -0.119. The van der Waals surface area contributed by atoms with E-state index in [0.29, 0.717) is 11.5 Å². The normalized spacial score (nSPS) is 21.7. The van der Waals surface area contributed by atoms with Crippen molar-refractivity contribution in [1.82, 2.24) is 10.2 Å². The Labute approximate surface area is 125 Å². The molecule has 1 aliphatic rings. The molecule has 2 rings (SSSR count). The van der Waals surface area contributed by atoms with Gasteiger partial charge in [-0.3, -0.25) is 9.59 Å².